The first-order valence-corrected chi connectivity index (χ1v) is 6.23. The van der Waals surface area contributed by atoms with Crippen molar-refractivity contribution in [3.8, 4) is 0 Å². The Morgan fingerprint density at radius 1 is 1.50 bits per heavy atom. The summed E-state index contributed by atoms with van der Waals surface area (Å²) in [4.78, 5) is 15.0. The number of hydrogen-bond acceptors (Lipinski definition) is 4. The zero-order valence-corrected chi connectivity index (χ0v) is 10.9. The van der Waals surface area contributed by atoms with Crippen molar-refractivity contribution in [3.05, 3.63) is 17.8 Å². The minimum Gasteiger partial charge on any atom is -0.478 e. The summed E-state index contributed by atoms with van der Waals surface area (Å²) in [5.41, 5.74) is 6.00. The van der Waals surface area contributed by atoms with Crippen LogP contribution >= 0.6 is 0 Å². The predicted octanol–water partition coefficient (Wildman–Crippen LogP) is 2.60. The molecule has 0 unspecified atom stereocenters. The van der Waals surface area contributed by atoms with Gasteiger partial charge < -0.3 is 16.2 Å². The molecule has 1 heterocycles. The van der Waals surface area contributed by atoms with Crippen molar-refractivity contribution in [2.45, 2.75) is 33.1 Å². The van der Waals surface area contributed by atoms with E-state index in [9.17, 15) is 4.79 Å². The lowest BCUT2D eigenvalue weighted by Gasteiger charge is -2.09. The van der Waals surface area contributed by atoms with Crippen molar-refractivity contribution in [3.63, 3.8) is 0 Å². The largest absolute Gasteiger partial charge is 0.478 e. The van der Waals surface area contributed by atoms with Crippen molar-refractivity contribution < 1.29 is 9.90 Å². The molecule has 0 amide bonds. The van der Waals surface area contributed by atoms with Crippen LogP contribution in [0.5, 0.6) is 0 Å². The third kappa shape index (κ3) is 4.61. The van der Waals surface area contributed by atoms with Crippen molar-refractivity contribution in [1.82, 2.24) is 4.98 Å². The SMILES string of the molecule is CC(C)CCCCNc1ncc(N)cc1C(=O)O. The van der Waals surface area contributed by atoms with E-state index in [-0.39, 0.29) is 5.56 Å². The molecule has 0 saturated carbocycles. The summed E-state index contributed by atoms with van der Waals surface area (Å²) in [6.45, 7) is 5.11. The maximum absolute atomic E-state index is 11.0. The van der Waals surface area contributed by atoms with E-state index in [1.807, 2.05) is 0 Å². The second kappa shape index (κ2) is 6.83. The van der Waals surface area contributed by atoms with E-state index in [1.54, 1.807) is 0 Å². The van der Waals surface area contributed by atoms with Crippen LogP contribution in [0.1, 0.15) is 43.5 Å². The maximum atomic E-state index is 11.0. The Hall–Kier alpha value is -1.78. The van der Waals surface area contributed by atoms with E-state index >= 15 is 0 Å². The molecule has 100 valence electrons. The number of carboxylic acid groups (broad SMARTS) is 1. The number of aromatic nitrogens is 1. The van der Waals surface area contributed by atoms with Crippen molar-refractivity contribution in [2.75, 3.05) is 17.6 Å². The Kier molecular flexibility index (Phi) is 5.42. The van der Waals surface area contributed by atoms with Gasteiger partial charge in [0.1, 0.15) is 11.4 Å². The van der Waals surface area contributed by atoms with Gasteiger partial charge in [-0.1, -0.05) is 26.7 Å². The third-order valence-electron chi connectivity index (χ3n) is 2.64. The molecule has 18 heavy (non-hydrogen) atoms. The highest BCUT2D eigenvalue weighted by Crippen LogP contribution is 2.15. The predicted molar refractivity (Wildman–Crippen MR) is 72.8 cm³/mol. The number of unbranched alkanes of at least 4 members (excludes halogenated alkanes) is 1. The van der Waals surface area contributed by atoms with Crippen LogP contribution in [-0.2, 0) is 0 Å². The lowest BCUT2D eigenvalue weighted by Crippen LogP contribution is -2.10. The number of carboxylic acids is 1. The smallest absolute Gasteiger partial charge is 0.339 e. The van der Waals surface area contributed by atoms with E-state index in [0.29, 0.717) is 17.4 Å². The second-order valence-electron chi connectivity index (χ2n) is 4.79. The second-order valence-corrected chi connectivity index (χ2v) is 4.79. The standard InChI is InChI=1S/C13H21N3O2/c1-9(2)5-3-4-6-15-12-11(13(17)18)7-10(14)8-16-12/h7-9H,3-6,14H2,1-2H3,(H,15,16)(H,17,18). The number of nitrogens with one attached hydrogen (secondary N) is 1. The monoisotopic (exact) mass is 251 g/mol. The first kappa shape index (κ1) is 14.3. The molecule has 5 heteroatoms. The Morgan fingerprint density at radius 2 is 2.22 bits per heavy atom. The highest BCUT2D eigenvalue weighted by molar-refractivity contribution is 5.94. The molecular formula is C13H21N3O2. The summed E-state index contributed by atoms with van der Waals surface area (Å²) in [7, 11) is 0. The number of hydrogen-bond donors (Lipinski definition) is 3. The number of nitrogen functional groups attached to an aromatic ring is 1. The van der Waals surface area contributed by atoms with Crippen LogP contribution in [0.4, 0.5) is 11.5 Å². The molecule has 1 aromatic heterocycles. The van der Waals surface area contributed by atoms with E-state index < -0.39 is 5.97 Å². The van der Waals surface area contributed by atoms with Gasteiger partial charge in [0, 0.05) is 6.54 Å². The van der Waals surface area contributed by atoms with Gasteiger partial charge in [0.2, 0.25) is 0 Å². The molecule has 0 saturated heterocycles. The highest BCUT2D eigenvalue weighted by atomic mass is 16.4. The van der Waals surface area contributed by atoms with Gasteiger partial charge in [0.15, 0.2) is 0 Å². The number of carbonyl (C=O) groups is 1. The van der Waals surface area contributed by atoms with Gasteiger partial charge in [0.05, 0.1) is 11.9 Å². The average Bonchev–Trinajstić information content (AvgIpc) is 2.29. The van der Waals surface area contributed by atoms with Gasteiger partial charge in [-0.05, 0) is 18.4 Å². The molecule has 0 aliphatic carbocycles. The molecule has 0 atom stereocenters. The first-order chi connectivity index (χ1) is 8.50. The molecule has 0 aliphatic rings. The quantitative estimate of drug-likeness (QED) is 0.648. The van der Waals surface area contributed by atoms with Crippen molar-refractivity contribution >= 4 is 17.5 Å². The van der Waals surface area contributed by atoms with E-state index in [2.05, 4.69) is 24.1 Å². The number of nitrogens with zero attached hydrogens (tertiary/aromatic N) is 1. The number of rotatable bonds is 7. The van der Waals surface area contributed by atoms with E-state index in [0.717, 1.165) is 19.4 Å². The topological polar surface area (TPSA) is 88.2 Å². The lowest BCUT2D eigenvalue weighted by atomic mass is 10.1. The highest BCUT2D eigenvalue weighted by Gasteiger charge is 2.11. The molecule has 4 N–H and O–H groups in total. The van der Waals surface area contributed by atoms with Gasteiger partial charge in [-0.2, -0.15) is 0 Å². The zero-order valence-electron chi connectivity index (χ0n) is 10.9. The number of pyridine rings is 1. The van der Waals surface area contributed by atoms with Gasteiger partial charge in [-0.25, -0.2) is 9.78 Å². The minimum atomic E-state index is -1.01. The summed E-state index contributed by atoms with van der Waals surface area (Å²) in [6, 6.07) is 1.42. The van der Waals surface area contributed by atoms with E-state index in [4.69, 9.17) is 10.8 Å². The van der Waals surface area contributed by atoms with Crippen LogP contribution < -0.4 is 11.1 Å². The first-order valence-electron chi connectivity index (χ1n) is 6.23. The summed E-state index contributed by atoms with van der Waals surface area (Å²) in [5, 5.41) is 12.1. The molecule has 5 nitrogen and oxygen atoms in total. The minimum absolute atomic E-state index is 0.124. The summed E-state index contributed by atoms with van der Waals surface area (Å²) >= 11 is 0. The van der Waals surface area contributed by atoms with E-state index in [1.165, 1.54) is 18.7 Å². The van der Waals surface area contributed by atoms with Crippen LogP contribution in [0.2, 0.25) is 0 Å². The molecule has 0 radical (unpaired) electrons. The van der Waals surface area contributed by atoms with Crippen molar-refractivity contribution in [1.29, 1.82) is 0 Å². The molecule has 1 rings (SSSR count). The van der Waals surface area contributed by atoms with Gasteiger partial charge in [0.25, 0.3) is 0 Å². The number of anilines is 2. The summed E-state index contributed by atoms with van der Waals surface area (Å²) in [5.74, 6) is 0.0787. The Balaban J connectivity index is 2.49. The maximum Gasteiger partial charge on any atom is 0.339 e. The Labute approximate surface area is 107 Å². The normalized spacial score (nSPS) is 10.6. The summed E-state index contributed by atoms with van der Waals surface area (Å²) < 4.78 is 0. The summed E-state index contributed by atoms with van der Waals surface area (Å²) in [6.07, 6.45) is 4.77. The average molecular weight is 251 g/mol. The lowest BCUT2D eigenvalue weighted by molar-refractivity contribution is 0.0697. The molecule has 1 aromatic rings. The fraction of sp³-hybridized carbons (Fsp3) is 0.538. The fourth-order valence-electron chi connectivity index (χ4n) is 1.67. The van der Waals surface area contributed by atoms with Crippen LogP contribution in [-0.4, -0.2) is 22.6 Å². The number of aromatic carboxylic acids is 1. The zero-order chi connectivity index (χ0) is 13.5. The molecule has 0 spiro atoms. The molecule has 0 aromatic carbocycles. The van der Waals surface area contributed by atoms with Crippen LogP contribution in [0.15, 0.2) is 12.3 Å². The Bertz CT molecular complexity index is 405. The van der Waals surface area contributed by atoms with Crippen LogP contribution in [0.25, 0.3) is 0 Å². The molecule has 0 aliphatic heterocycles. The van der Waals surface area contributed by atoms with Crippen LogP contribution in [0.3, 0.4) is 0 Å². The third-order valence-corrected chi connectivity index (χ3v) is 2.64. The Morgan fingerprint density at radius 3 is 2.83 bits per heavy atom. The van der Waals surface area contributed by atoms with Crippen molar-refractivity contribution in [2.24, 2.45) is 5.92 Å². The van der Waals surface area contributed by atoms with Gasteiger partial charge >= 0.3 is 5.97 Å². The van der Waals surface area contributed by atoms with Crippen LogP contribution in [0, 0.1) is 5.92 Å². The van der Waals surface area contributed by atoms with Gasteiger partial charge in [-0.15, -0.1) is 0 Å². The van der Waals surface area contributed by atoms with Gasteiger partial charge in [-0.3, -0.25) is 0 Å². The number of nitrogens with two attached hydrogens (primary N) is 1. The molecule has 0 fully saturated rings. The molecular weight excluding hydrogens is 230 g/mol. The fourth-order valence-corrected chi connectivity index (χ4v) is 1.67. The molecule has 0 bridgehead atoms.